The van der Waals surface area contributed by atoms with E-state index in [1.165, 1.54) is 0 Å². The molecule has 7 aromatic rings. The second-order valence-electron chi connectivity index (χ2n) is 12.8. The topological polar surface area (TPSA) is 9.86 Å². The Morgan fingerprint density at radius 3 is 1.32 bits per heavy atom. The Morgan fingerprint density at radius 2 is 0.900 bits per heavy atom. The number of benzene rings is 5. The van der Waals surface area contributed by atoms with Gasteiger partial charge in [-0.25, -0.2) is 0 Å². The minimum atomic E-state index is -0.120. The zero-order valence-corrected chi connectivity index (χ0v) is 23.8. The SMILES string of the molecule is [2H]c1cc2c3ccc(C(C)(C)C)cc3n(-c3cccc(-n4c5cc(C(C)(C)C)ccc5c5cc([2H])c([2H])c([2H])c54)c3)c2c([2H])c1[2H]. The molecule has 0 radical (unpaired) electrons. The number of para-hydroxylation sites is 2. The third kappa shape index (κ3) is 3.78. The lowest BCUT2D eigenvalue weighted by atomic mass is 9.86. The van der Waals surface area contributed by atoms with Crippen molar-refractivity contribution in [2.75, 3.05) is 0 Å². The molecular formula is C38H36N2. The number of rotatable bonds is 2. The van der Waals surface area contributed by atoms with Crippen molar-refractivity contribution in [2.24, 2.45) is 0 Å². The molecule has 0 N–H and O–H groups in total. The smallest absolute Gasteiger partial charge is 0.0645 e. The van der Waals surface area contributed by atoms with Crippen LogP contribution in [0.3, 0.4) is 0 Å². The van der Waals surface area contributed by atoms with E-state index in [4.69, 9.17) is 8.22 Å². The normalized spacial score (nSPS) is 14.8. The van der Waals surface area contributed by atoms with Gasteiger partial charge in [-0.3, -0.25) is 0 Å². The van der Waals surface area contributed by atoms with Crippen molar-refractivity contribution in [3.63, 3.8) is 0 Å². The van der Waals surface area contributed by atoms with Crippen molar-refractivity contribution in [3.8, 4) is 11.4 Å². The van der Waals surface area contributed by atoms with Crippen molar-refractivity contribution >= 4 is 43.6 Å². The van der Waals surface area contributed by atoms with Gasteiger partial charge in [0.15, 0.2) is 0 Å². The van der Waals surface area contributed by atoms with Crippen LogP contribution in [0.25, 0.3) is 55.0 Å². The summed E-state index contributed by atoms with van der Waals surface area (Å²) < 4.78 is 55.9. The van der Waals surface area contributed by atoms with Crippen LogP contribution in [-0.4, -0.2) is 9.13 Å². The fraction of sp³-hybridized carbons (Fsp3) is 0.211. The van der Waals surface area contributed by atoms with Crippen molar-refractivity contribution in [3.05, 3.63) is 120 Å². The molecule has 2 aromatic heterocycles. The molecule has 0 fully saturated rings. The minimum Gasteiger partial charge on any atom is -0.309 e. The zero-order valence-electron chi connectivity index (χ0n) is 29.8. The maximum absolute atomic E-state index is 8.99. The van der Waals surface area contributed by atoms with Crippen LogP contribution in [0.1, 0.15) is 60.9 Å². The molecule has 0 saturated heterocycles. The molecule has 0 saturated carbocycles. The van der Waals surface area contributed by atoms with Crippen molar-refractivity contribution in [2.45, 2.75) is 52.4 Å². The van der Waals surface area contributed by atoms with Gasteiger partial charge in [0.25, 0.3) is 0 Å². The lowest BCUT2D eigenvalue weighted by molar-refractivity contribution is 0.590. The van der Waals surface area contributed by atoms with Gasteiger partial charge in [-0.2, -0.15) is 0 Å². The van der Waals surface area contributed by atoms with Gasteiger partial charge in [-0.1, -0.05) is 108 Å². The molecule has 0 aliphatic heterocycles. The van der Waals surface area contributed by atoms with E-state index in [-0.39, 0.29) is 47.1 Å². The second-order valence-corrected chi connectivity index (χ2v) is 12.8. The predicted molar refractivity (Wildman–Crippen MR) is 173 cm³/mol. The van der Waals surface area contributed by atoms with Gasteiger partial charge in [0, 0.05) is 32.9 Å². The van der Waals surface area contributed by atoms with E-state index in [2.05, 4.69) is 77.9 Å². The molecule has 0 bridgehead atoms. The van der Waals surface area contributed by atoms with E-state index in [0.29, 0.717) is 11.0 Å². The average molecular weight is 527 g/mol. The van der Waals surface area contributed by atoms with Crippen molar-refractivity contribution in [1.29, 1.82) is 0 Å². The fourth-order valence-electron chi connectivity index (χ4n) is 5.81. The van der Waals surface area contributed by atoms with Crippen molar-refractivity contribution < 1.29 is 8.22 Å². The Morgan fingerprint density at radius 1 is 0.475 bits per heavy atom. The zero-order chi connectivity index (χ0) is 33.0. The van der Waals surface area contributed by atoms with Gasteiger partial charge in [0.1, 0.15) is 0 Å². The molecule has 2 heterocycles. The highest BCUT2D eigenvalue weighted by atomic mass is 15.0. The summed E-state index contributed by atoms with van der Waals surface area (Å²) in [6, 6.07) is 23.8. The van der Waals surface area contributed by atoms with Crippen molar-refractivity contribution in [1.82, 2.24) is 9.13 Å². The Balaban J connectivity index is 1.61. The lowest BCUT2D eigenvalue weighted by Gasteiger charge is -2.20. The minimum absolute atomic E-state index is 0.00311. The van der Waals surface area contributed by atoms with Crippen LogP contribution in [-0.2, 0) is 10.8 Å². The highest BCUT2D eigenvalue weighted by Crippen LogP contribution is 2.38. The lowest BCUT2D eigenvalue weighted by Crippen LogP contribution is -2.11. The monoisotopic (exact) mass is 526 g/mol. The Labute approximate surface area is 244 Å². The van der Waals surface area contributed by atoms with Gasteiger partial charge < -0.3 is 9.13 Å². The van der Waals surface area contributed by atoms with Gasteiger partial charge in [-0.05, 0) is 64.4 Å². The van der Waals surface area contributed by atoms with Crippen LogP contribution < -0.4 is 0 Å². The summed E-state index contributed by atoms with van der Waals surface area (Å²) >= 11 is 0. The van der Waals surface area contributed by atoms with Gasteiger partial charge >= 0.3 is 0 Å². The molecule has 40 heavy (non-hydrogen) atoms. The number of fused-ring (bicyclic) bond motifs is 6. The molecule has 5 aromatic carbocycles. The first-order valence-corrected chi connectivity index (χ1v) is 13.8. The first-order chi connectivity index (χ1) is 21.6. The summed E-state index contributed by atoms with van der Waals surface area (Å²) in [6.45, 7) is 13.0. The number of hydrogen-bond acceptors (Lipinski definition) is 0. The predicted octanol–water partition coefficient (Wildman–Crippen LogP) is 10.5. The summed E-state index contributed by atoms with van der Waals surface area (Å²) in [7, 11) is 0. The van der Waals surface area contributed by atoms with E-state index in [9.17, 15) is 0 Å². The second kappa shape index (κ2) is 8.60. The van der Waals surface area contributed by atoms with E-state index in [1.54, 1.807) is 12.1 Å². The molecule has 0 amide bonds. The molecule has 0 unspecified atom stereocenters. The van der Waals surface area contributed by atoms with E-state index in [1.807, 2.05) is 33.4 Å². The summed E-state index contributed by atoms with van der Waals surface area (Å²) in [4.78, 5) is 0. The molecule has 7 rings (SSSR count). The van der Waals surface area contributed by atoms with Crippen LogP contribution in [0.2, 0.25) is 0 Å². The number of nitrogens with zero attached hydrogens (tertiary/aromatic N) is 2. The molecule has 198 valence electrons. The van der Waals surface area contributed by atoms with Gasteiger partial charge in [0.05, 0.1) is 30.3 Å². The van der Waals surface area contributed by atoms with E-state index in [0.717, 1.165) is 55.1 Å². The molecule has 0 aliphatic carbocycles. The van der Waals surface area contributed by atoms with Gasteiger partial charge in [-0.15, -0.1) is 0 Å². The third-order valence-corrected chi connectivity index (χ3v) is 8.03. The average Bonchev–Trinajstić information content (AvgIpc) is 3.50. The summed E-state index contributed by atoms with van der Waals surface area (Å²) in [5.41, 5.74) is 6.53. The first kappa shape index (κ1) is 18.9. The highest BCUT2D eigenvalue weighted by Gasteiger charge is 2.20. The Kier molecular flexibility index (Phi) is 4.06. The van der Waals surface area contributed by atoms with Crippen LogP contribution in [0.4, 0.5) is 0 Å². The molecule has 0 aliphatic rings. The van der Waals surface area contributed by atoms with Crippen LogP contribution >= 0.6 is 0 Å². The molecular weight excluding hydrogens is 484 g/mol. The van der Waals surface area contributed by atoms with Crippen LogP contribution in [0, 0.1) is 0 Å². The van der Waals surface area contributed by atoms with E-state index < -0.39 is 0 Å². The van der Waals surface area contributed by atoms with Crippen LogP contribution in [0.5, 0.6) is 0 Å². The molecule has 0 atom stereocenters. The van der Waals surface area contributed by atoms with E-state index >= 15 is 0 Å². The summed E-state index contributed by atoms with van der Waals surface area (Å²) in [5, 5.41) is 3.34. The Hall–Kier alpha value is -4.30. The molecule has 2 nitrogen and oxygen atoms in total. The number of hydrogen-bond donors (Lipinski definition) is 0. The molecule has 2 heteroatoms. The highest BCUT2D eigenvalue weighted by molar-refractivity contribution is 6.10. The fourth-order valence-corrected chi connectivity index (χ4v) is 5.81. The largest absolute Gasteiger partial charge is 0.309 e. The first-order valence-electron chi connectivity index (χ1n) is 16.8. The van der Waals surface area contributed by atoms with Gasteiger partial charge in [0.2, 0.25) is 0 Å². The maximum atomic E-state index is 8.99. The summed E-state index contributed by atoms with van der Waals surface area (Å²) in [6.07, 6.45) is 0. The molecule has 0 spiro atoms. The third-order valence-electron chi connectivity index (χ3n) is 8.03. The number of aromatic nitrogens is 2. The Bertz CT molecular complexity index is 2240. The standard InChI is InChI=1S/C38H36N2/c1-37(2,3)25-18-20-31-29-14-7-9-16-33(29)39(35(31)22-25)27-12-11-13-28(24-27)40-34-17-10-8-15-30(34)32-21-19-26(23-36(32)40)38(4,5)6/h7-24H,1-6H3/i7D,8D,9D,10D,16D,17D. The summed E-state index contributed by atoms with van der Waals surface area (Å²) in [5.74, 6) is 0. The quantitative estimate of drug-likeness (QED) is 0.212. The maximum Gasteiger partial charge on any atom is 0.0645 e. The van der Waals surface area contributed by atoms with Crippen LogP contribution in [0.15, 0.2) is 109 Å².